The molecule has 0 heterocycles. The summed E-state index contributed by atoms with van der Waals surface area (Å²) in [6, 6.07) is 0. The van der Waals surface area contributed by atoms with Gasteiger partial charge in [-0.05, 0) is 70.6 Å². The highest BCUT2D eigenvalue weighted by molar-refractivity contribution is 7.45. The summed E-state index contributed by atoms with van der Waals surface area (Å²) in [5, 5.41) is 0. The molecule has 0 spiro atoms. The van der Waals surface area contributed by atoms with Crippen LogP contribution in [0.2, 0.25) is 0 Å². The van der Waals surface area contributed by atoms with Crippen LogP contribution in [0.15, 0.2) is 85.1 Å². The van der Waals surface area contributed by atoms with Gasteiger partial charge in [-0.1, -0.05) is 330 Å². The minimum Gasteiger partial charge on any atom is -0.756 e. The molecule has 0 aromatic rings. The predicted molar refractivity (Wildman–Crippen MR) is 365 cm³/mol. The van der Waals surface area contributed by atoms with Gasteiger partial charge >= 0.3 is 11.9 Å². The number of nitrogens with zero attached hydrogens (tertiary/aromatic N) is 1. The largest absolute Gasteiger partial charge is 0.756 e. The Morgan fingerprint density at radius 3 is 1.00 bits per heavy atom. The maximum atomic E-state index is 12.9. The second-order valence-corrected chi connectivity index (χ2v) is 26.6. The lowest BCUT2D eigenvalue weighted by Gasteiger charge is -2.28. The van der Waals surface area contributed by atoms with E-state index < -0.39 is 26.5 Å². The number of ether oxygens (including phenoxy) is 2. The number of rotatable bonds is 66. The van der Waals surface area contributed by atoms with Crippen molar-refractivity contribution in [1.29, 1.82) is 0 Å². The third-order valence-electron chi connectivity index (χ3n) is 15.7. The third-order valence-corrected chi connectivity index (χ3v) is 16.6. The Bertz CT molecular complexity index is 1710. The van der Waals surface area contributed by atoms with Gasteiger partial charge in [0.15, 0.2) is 6.10 Å². The second kappa shape index (κ2) is 65.6. The maximum Gasteiger partial charge on any atom is 0.306 e. The van der Waals surface area contributed by atoms with Crippen molar-refractivity contribution in [1.82, 2.24) is 0 Å². The van der Waals surface area contributed by atoms with E-state index in [9.17, 15) is 19.0 Å². The van der Waals surface area contributed by atoms with Crippen molar-refractivity contribution in [3.8, 4) is 0 Å². The number of phosphoric ester groups is 1. The van der Waals surface area contributed by atoms with Crippen LogP contribution in [0.5, 0.6) is 0 Å². The number of hydrogen-bond donors (Lipinski definition) is 0. The molecule has 0 saturated heterocycles. The minimum atomic E-state index is -4.65. The summed E-state index contributed by atoms with van der Waals surface area (Å²) in [5.74, 6) is -0.825. The standard InChI is InChI=1S/C75H136NO8P/c1-6-8-10-12-14-16-18-20-22-24-26-28-30-32-34-36-37-38-39-40-42-44-46-48-50-52-54-56-58-60-62-64-66-68-75(78)84-73(72-83-85(79,80)82-70-69-76(3,4)5)71-81-74(77)67-65-63-61-59-57-55-53-51-49-47-45-43-41-35-33-31-29-27-25-23-21-19-17-15-13-11-9-7-2/h8,10,14,16,20,22,26,28,32,34,37-38,40,42,73H,6-7,9,11-13,15,17-19,21,23-25,27,29-31,33,35-36,39,41,43-72H2,1-5H3/b10-8-,16-14-,22-20-,28-26-,34-32-,38-37-,42-40-. The molecule has 10 heteroatoms. The van der Waals surface area contributed by atoms with Crippen LogP contribution in [-0.4, -0.2) is 70.0 Å². The fourth-order valence-corrected chi connectivity index (χ4v) is 11.0. The predicted octanol–water partition coefficient (Wildman–Crippen LogP) is 22.7. The summed E-state index contributed by atoms with van der Waals surface area (Å²) < 4.78 is 34.3. The fourth-order valence-electron chi connectivity index (χ4n) is 10.2. The molecule has 0 saturated carbocycles. The van der Waals surface area contributed by atoms with E-state index in [1.54, 1.807) is 0 Å². The van der Waals surface area contributed by atoms with Gasteiger partial charge in [0.2, 0.25) is 0 Å². The number of phosphoric acid groups is 1. The number of allylic oxidation sites excluding steroid dienone is 14. The molecular weight excluding hydrogens is 1070 g/mol. The highest BCUT2D eigenvalue weighted by atomic mass is 31.2. The average molecular weight is 1210 g/mol. The summed E-state index contributed by atoms with van der Waals surface area (Å²) >= 11 is 0. The zero-order valence-corrected chi connectivity index (χ0v) is 57.2. The monoisotopic (exact) mass is 1210 g/mol. The molecule has 2 unspecified atom stereocenters. The average Bonchev–Trinajstić information content (AvgIpc) is 3.54. The zero-order valence-electron chi connectivity index (χ0n) is 56.3. The second-order valence-electron chi connectivity index (χ2n) is 25.2. The van der Waals surface area contributed by atoms with Crippen molar-refractivity contribution < 1.29 is 42.1 Å². The molecule has 85 heavy (non-hydrogen) atoms. The number of likely N-dealkylation sites (N-methyl/N-ethyl adjacent to an activating group) is 1. The van der Waals surface area contributed by atoms with E-state index in [1.165, 1.54) is 205 Å². The molecule has 0 bridgehead atoms. The van der Waals surface area contributed by atoms with Crippen LogP contribution in [0.25, 0.3) is 0 Å². The van der Waals surface area contributed by atoms with Gasteiger partial charge < -0.3 is 27.9 Å². The number of esters is 2. The van der Waals surface area contributed by atoms with Gasteiger partial charge in [0, 0.05) is 12.8 Å². The molecular formula is C75H136NO8P. The Hall–Kier alpha value is -2.81. The molecule has 2 atom stereocenters. The quantitative estimate of drug-likeness (QED) is 0.0195. The molecule has 494 valence electrons. The van der Waals surface area contributed by atoms with E-state index in [-0.39, 0.29) is 32.0 Å². The first kappa shape index (κ1) is 82.2. The fraction of sp³-hybridized carbons (Fsp3) is 0.787. The van der Waals surface area contributed by atoms with Gasteiger partial charge in [-0.15, -0.1) is 0 Å². The summed E-state index contributed by atoms with van der Waals surface area (Å²) in [4.78, 5) is 38.1. The van der Waals surface area contributed by atoms with E-state index in [1.807, 2.05) is 21.1 Å². The number of hydrogen-bond acceptors (Lipinski definition) is 8. The molecule has 0 aromatic carbocycles. The van der Waals surface area contributed by atoms with Gasteiger partial charge in [-0.25, -0.2) is 0 Å². The normalized spacial score (nSPS) is 13.6. The number of quaternary nitrogens is 1. The summed E-state index contributed by atoms with van der Waals surface area (Å²) in [6.45, 7) is 4.17. The molecule has 0 aliphatic rings. The molecule has 0 fully saturated rings. The molecule has 0 aliphatic heterocycles. The summed E-state index contributed by atoms with van der Waals surface area (Å²) in [6.07, 6.45) is 89.5. The summed E-state index contributed by atoms with van der Waals surface area (Å²) in [5.41, 5.74) is 0. The van der Waals surface area contributed by atoms with Gasteiger partial charge in [-0.3, -0.25) is 14.2 Å². The van der Waals surface area contributed by atoms with Gasteiger partial charge in [0.05, 0.1) is 27.7 Å². The number of carbonyl (C=O) groups excluding carboxylic acids is 2. The minimum absolute atomic E-state index is 0.0326. The number of unbranched alkanes of at least 4 members (excludes halogenated alkanes) is 38. The Morgan fingerprint density at radius 2 is 0.671 bits per heavy atom. The van der Waals surface area contributed by atoms with Crippen molar-refractivity contribution in [3.05, 3.63) is 85.1 Å². The van der Waals surface area contributed by atoms with Crippen LogP contribution >= 0.6 is 7.82 Å². The van der Waals surface area contributed by atoms with Crippen molar-refractivity contribution in [2.75, 3.05) is 47.5 Å². The van der Waals surface area contributed by atoms with Crippen LogP contribution in [0.3, 0.4) is 0 Å². The van der Waals surface area contributed by atoms with Crippen molar-refractivity contribution in [2.24, 2.45) is 0 Å². The highest BCUT2D eigenvalue weighted by Gasteiger charge is 2.22. The van der Waals surface area contributed by atoms with Crippen molar-refractivity contribution >= 4 is 19.8 Å². The first-order chi connectivity index (χ1) is 41.5. The van der Waals surface area contributed by atoms with Crippen LogP contribution in [0, 0.1) is 0 Å². The first-order valence-electron chi connectivity index (χ1n) is 35.8. The Labute approximate surface area is 526 Å². The van der Waals surface area contributed by atoms with Gasteiger partial charge in [-0.2, -0.15) is 0 Å². The molecule has 0 radical (unpaired) electrons. The Morgan fingerprint density at radius 1 is 0.376 bits per heavy atom. The smallest absolute Gasteiger partial charge is 0.306 e. The van der Waals surface area contributed by atoms with Gasteiger partial charge in [0.1, 0.15) is 19.8 Å². The molecule has 0 rings (SSSR count). The summed E-state index contributed by atoms with van der Waals surface area (Å²) in [7, 11) is 1.17. The molecule has 0 N–H and O–H groups in total. The van der Waals surface area contributed by atoms with Crippen LogP contribution in [-0.2, 0) is 32.7 Å². The highest BCUT2D eigenvalue weighted by Crippen LogP contribution is 2.38. The lowest BCUT2D eigenvalue weighted by atomic mass is 10.0. The van der Waals surface area contributed by atoms with Crippen molar-refractivity contribution in [2.45, 2.75) is 335 Å². The SMILES string of the molecule is CC/C=C\C/C=C\C/C=C\C/C=C\C/C=C\C/C=C\C/C=C\CCCCCCCCCCCCCC(=O)OC(COC(=O)CCCCCCCCCCCCCCCCCCCCCCCCCCCCCC)COP(=O)([O-])OCC[N+](C)(C)C. The van der Waals surface area contributed by atoms with Crippen LogP contribution in [0.4, 0.5) is 0 Å². The number of carbonyl (C=O) groups is 2. The first-order valence-corrected chi connectivity index (χ1v) is 37.3. The maximum absolute atomic E-state index is 12.9. The van der Waals surface area contributed by atoms with E-state index in [4.69, 9.17) is 18.5 Å². The van der Waals surface area contributed by atoms with E-state index in [0.29, 0.717) is 17.4 Å². The lowest BCUT2D eigenvalue weighted by molar-refractivity contribution is -0.870. The van der Waals surface area contributed by atoms with E-state index in [2.05, 4.69) is 98.9 Å². The Balaban J connectivity index is 4.04. The molecule has 0 amide bonds. The third kappa shape index (κ3) is 70.2. The topological polar surface area (TPSA) is 111 Å². The molecule has 0 aliphatic carbocycles. The molecule has 0 aromatic heterocycles. The van der Waals surface area contributed by atoms with E-state index >= 15 is 0 Å². The van der Waals surface area contributed by atoms with Crippen molar-refractivity contribution in [3.63, 3.8) is 0 Å². The zero-order chi connectivity index (χ0) is 61.9. The van der Waals surface area contributed by atoms with Crippen LogP contribution < -0.4 is 4.89 Å². The van der Waals surface area contributed by atoms with Gasteiger partial charge in [0.25, 0.3) is 7.82 Å². The van der Waals surface area contributed by atoms with Crippen LogP contribution in [0.1, 0.15) is 328 Å². The lowest BCUT2D eigenvalue weighted by Crippen LogP contribution is -2.37. The Kier molecular flexibility index (Phi) is 63.5. The van der Waals surface area contributed by atoms with E-state index in [0.717, 1.165) is 89.9 Å². The molecule has 9 nitrogen and oxygen atoms in total.